The zero-order valence-corrected chi connectivity index (χ0v) is 21.8. The lowest BCUT2D eigenvalue weighted by molar-refractivity contribution is -0.115. The molecular weight excluding hydrogens is 485 g/mol. The molecule has 0 aliphatic heterocycles. The summed E-state index contributed by atoms with van der Waals surface area (Å²) >= 11 is 0. The quantitative estimate of drug-likeness (QED) is 0.446. The van der Waals surface area contributed by atoms with Crippen LogP contribution in [0.25, 0.3) is 0 Å². The molecule has 8 nitrogen and oxygen atoms in total. The molecule has 0 spiro atoms. The minimum Gasteiger partial charge on any atom is -0.366 e. The third-order valence-electron chi connectivity index (χ3n) is 7.56. The van der Waals surface area contributed by atoms with Crippen LogP contribution in [0.4, 0.5) is 10.1 Å². The van der Waals surface area contributed by atoms with Crippen molar-refractivity contribution in [2.45, 2.75) is 69.6 Å². The predicted molar refractivity (Wildman–Crippen MR) is 134 cm³/mol. The average Bonchev–Trinajstić information content (AvgIpc) is 3.60. The Morgan fingerprint density at radius 1 is 1.06 bits per heavy atom. The van der Waals surface area contributed by atoms with Crippen LogP contribution in [-0.2, 0) is 21.7 Å². The van der Waals surface area contributed by atoms with Crippen LogP contribution < -0.4 is 10.6 Å². The number of aryl methyl sites for hydroxylation is 1. The van der Waals surface area contributed by atoms with E-state index in [-0.39, 0.29) is 17.2 Å². The van der Waals surface area contributed by atoms with E-state index in [9.17, 15) is 27.2 Å². The molecule has 2 aromatic rings. The first-order chi connectivity index (χ1) is 16.8. The first-order valence-electron chi connectivity index (χ1n) is 12.1. The summed E-state index contributed by atoms with van der Waals surface area (Å²) in [4.78, 5) is 41.2. The number of hydrogen-bond acceptors (Lipinski definition) is 5. The van der Waals surface area contributed by atoms with Crippen molar-refractivity contribution in [1.82, 2.24) is 4.57 Å². The van der Waals surface area contributed by atoms with Crippen LogP contribution in [0.2, 0.25) is 0 Å². The van der Waals surface area contributed by atoms with E-state index in [0.717, 1.165) is 12.8 Å². The number of halogens is 1. The molecule has 0 atom stereocenters. The Labute approximate surface area is 210 Å². The number of rotatable bonds is 7. The number of primary amides is 1. The van der Waals surface area contributed by atoms with E-state index >= 15 is 0 Å². The highest BCUT2D eigenvalue weighted by Gasteiger charge is 2.40. The van der Waals surface area contributed by atoms with Gasteiger partial charge in [0.25, 0.3) is 11.7 Å². The molecule has 0 radical (unpaired) electrons. The Morgan fingerprint density at radius 2 is 1.67 bits per heavy atom. The smallest absolute Gasteiger partial charge is 0.301 e. The second-order valence-corrected chi connectivity index (χ2v) is 12.5. The highest BCUT2D eigenvalue weighted by atomic mass is 32.2. The monoisotopic (exact) mass is 517 g/mol. The van der Waals surface area contributed by atoms with E-state index in [1.807, 2.05) is 0 Å². The van der Waals surface area contributed by atoms with Crippen LogP contribution in [0.3, 0.4) is 0 Å². The summed E-state index contributed by atoms with van der Waals surface area (Å²) in [7, 11) is -1.56. The SMILES string of the molecule is Cc1cc(N(C(=O)C(=O)c2c(C)c(C(N)=O)c(C3CC3)n2C)C2CCC(S(C)(=O)=O)CC2)ccc1F. The van der Waals surface area contributed by atoms with Gasteiger partial charge in [-0.1, -0.05) is 0 Å². The molecule has 1 heterocycles. The number of Topliss-reactive ketones (excluding diaryl/α,β-unsaturated/α-hetero) is 1. The Hall–Kier alpha value is -3.01. The van der Waals surface area contributed by atoms with Crippen LogP contribution in [0.1, 0.15) is 82.1 Å². The summed E-state index contributed by atoms with van der Waals surface area (Å²) in [6.07, 6.45) is 4.47. The maximum absolute atomic E-state index is 14.0. The number of sulfone groups is 1. The number of nitrogens with zero attached hydrogens (tertiary/aromatic N) is 2. The summed E-state index contributed by atoms with van der Waals surface area (Å²) in [5, 5.41) is -0.495. The molecule has 2 fully saturated rings. The molecular formula is C26H32FN3O5S. The van der Waals surface area contributed by atoms with Crippen molar-refractivity contribution in [2.75, 3.05) is 11.2 Å². The van der Waals surface area contributed by atoms with E-state index in [2.05, 4.69) is 0 Å². The third-order valence-corrected chi connectivity index (χ3v) is 9.24. The number of amides is 2. The van der Waals surface area contributed by atoms with Gasteiger partial charge in [-0.3, -0.25) is 14.4 Å². The van der Waals surface area contributed by atoms with Crippen LogP contribution in [-0.4, -0.2) is 48.1 Å². The molecule has 2 amide bonds. The first kappa shape index (κ1) is 26.1. The molecule has 4 rings (SSSR count). The summed E-state index contributed by atoms with van der Waals surface area (Å²) in [6, 6.07) is 3.80. The van der Waals surface area contributed by atoms with Crippen molar-refractivity contribution in [2.24, 2.45) is 12.8 Å². The maximum Gasteiger partial charge on any atom is 0.301 e. The number of benzene rings is 1. The summed E-state index contributed by atoms with van der Waals surface area (Å²) < 4.78 is 39.7. The van der Waals surface area contributed by atoms with Gasteiger partial charge in [0, 0.05) is 36.6 Å². The molecule has 0 unspecified atom stereocenters. The highest BCUT2D eigenvalue weighted by Crippen LogP contribution is 2.44. The summed E-state index contributed by atoms with van der Waals surface area (Å²) in [6.45, 7) is 3.20. The molecule has 10 heteroatoms. The van der Waals surface area contributed by atoms with E-state index in [1.165, 1.54) is 29.4 Å². The third kappa shape index (κ3) is 4.70. The van der Waals surface area contributed by atoms with Gasteiger partial charge in [0.2, 0.25) is 0 Å². The molecule has 2 aliphatic carbocycles. The van der Waals surface area contributed by atoms with Crippen molar-refractivity contribution in [3.8, 4) is 0 Å². The van der Waals surface area contributed by atoms with Crippen molar-refractivity contribution in [3.05, 3.63) is 52.1 Å². The zero-order valence-electron chi connectivity index (χ0n) is 21.0. The molecule has 1 aromatic carbocycles. The first-order valence-corrected chi connectivity index (χ1v) is 14.1. The second-order valence-electron chi connectivity index (χ2n) is 10.1. The van der Waals surface area contributed by atoms with Gasteiger partial charge < -0.3 is 15.2 Å². The minimum absolute atomic E-state index is 0.115. The molecule has 36 heavy (non-hydrogen) atoms. The molecule has 2 saturated carbocycles. The van der Waals surface area contributed by atoms with E-state index in [0.29, 0.717) is 48.2 Å². The number of anilines is 1. The molecule has 0 saturated heterocycles. The topological polar surface area (TPSA) is 120 Å². The summed E-state index contributed by atoms with van der Waals surface area (Å²) in [5.74, 6) is -2.53. The Balaban J connectivity index is 1.74. The Kier molecular flexibility index (Phi) is 6.85. The highest BCUT2D eigenvalue weighted by molar-refractivity contribution is 7.91. The van der Waals surface area contributed by atoms with Crippen LogP contribution in [0.15, 0.2) is 18.2 Å². The van der Waals surface area contributed by atoms with Crippen molar-refractivity contribution >= 4 is 33.1 Å². The number of hydrogen-bond donors (Lipinski definition) is 1. The van der Waals surface area contributed by atoms with Gasteiger partial charge in [0.1, 0.15) is 15.7 Å². The second kappa shape index (κ2) is 9.46. The normalized spacial score (nSPS) is 20.2. The standard InChI is InChI=1S/C26H32FN3O5S/c1-14-13-18(9-12-20(14)27)30(17-7-10-19(11-8-17)36(4,34)35)26(33)24(31)22-15(2)21(25(28)32)23(29(22)3)16-5-6-16/h9,12-13,16-17,19H,5-8,10-11H2,1-4H3,(H2,28,32). The fourth-order valence-corrected chi connectivity index (χ4v) is 6.66. The lowest BCUT2D eigenvalue weighted by Gasteiger charge is -2.36. The van der Waals surface area contributed by atoms with Crippen molar-refractivity contribution < 1.29 is 27.2 Å². The van der Waals surface area contributed by atoms with Gasteiger partial charge in [0.15, 0.2) is 0 Å². The largest absolute Gasteiger partial charge is 0.366 e. The number of nitrogens with two attached hydrogens (primary N) is 1. The predicted octanol–water partition coefficient (Wildman–Crippen LogP) is 3.33. The van der Waals surface area contributed by atoms with Crippen molar-refractivity contribution in [3.63, 3.8) is 0 Å². The van der Waals surface area contributed by atoms with Gasteiger partial charge in [-0.05, 0) is 81.7 Å². The number of carbonyl (C=O) groups is 3. The lowest BCUT2D eigenvalue weighted by Crippen LogP contribution is -2.47. The van der Waals surface area contributed by atoms with Gasteiger partial charge in [-0.25, -0.2) is 12.8 Å². The number of carbonyl (C=O) groups excluding carboxylic acids is 3. The molecule has 1 aromatic heterocycles. The van der Waals surface area contributed by atoms with Gasteiger partial charge in [0.05, 0.1) is 16.5 Å². The number of ketones is 1. The molecule has 0 bridgehead atoms. The maximum atomic E-state index is 14.0. The molecule has 2 aliphatic rings. The number of aromatic nitrogens is 1. The van der Waals surface area contributed by atoms with Crippen LogP contribution in [0.5, 0.6) is 0 Å². The van der Waals surface area contributed by atoms with Gasteiger partial charge >= 0.3 is 5.91 Å². The Morgan fingerprint density at radius 3 is 2.17 bits per heavy atom. The average molecular weight is 518 g/mol. The molecule has 194 valence electrons. The summed E-state index contributed by atoms with van der Waals surface area (Å²) in [5.41, 5.74) is 7.79. The van der Waals surface area contributed by atoms with E-state index in [1.54, 1.807) is 25.5 Å². The van der Waals surface area contributed by atoms with Crippen molar-refractivity contribution in [1.29, 1.82) is 0 Å². The van der Waals surface area contributed by atoms with E-state index < -0.39 is 44.5 Å². The molecule has 2 N–H and O–H groups in total. The van der Waals surface area contributed by atoms with Gasteiger partial charge in [-0.15, -0.1) is 0 Å². The fraction of sp³-hybridized carbons (Fsp3) is 0.500. The van der Waals surface area contributed by atoms with Crippen LogP contribution >= 0.6 is 0 Å². The Bertz CT molecular complexity index is 1350. The van der Waals surface area contributed by atoms with Gasteiger partial charge in [-0.2, -0.15) is 0 Å². The lowest BCUT2D eigenvalue weighted by atomic mass is 9.92. The van der Waals surface area contributed by atoms with E-state index in [4.69, 9.17) is 5.73 Å². The fourth-order valence-electron chi connectivity index (χ4n) is 5.53. The zero-order chi connectivity index (χ0) is 26.5. The minimum atomic E-state index is -3.22. The van der Waals surface area contributed by atoms with Crippen LogP contribution in [0, 0.1) is 19.7 Å².